The van der Waals surface area contributed by atoms with Gasteiger partial charge in [0.1, 0.15) is 5.69 Å². The lowest BCUT2D eigenvalue weighted by atomic mass is 10.0. The first-order valence-electron chi connectivity index (χ1n) is 8.28. The van der Waals surface area contributed by atoms with Gasteiger partial charge in [0.05, 0.1) is 15.5 Å². The second kappa shape index (κ2) is 6.99. The minimum atomic E-state index is -4.73. The topological polar surface area (TPSA) is 58.4 Å². The summed E-state index contributed by atoms with van der Waals surface area (Å²) in [5.41, 5.74) is -1.74. The predicted octanol–water partition coefficient (Wildman–Crippen LogP) is 4.55. The first kappa shape index (κ1) is 18.3. The van der Waals surface area contributed by atoms with Gasteiger partial charge in [-0.05, 0) is 37.7 Å². The second-order valence-electron chi connectivity index (χ2n) is 6.77. The molecule has 1 heterocycles. The van der Waals surface area contributed by atoms with Gasteiger partial charge >= 0.3 is 6.18 Å². The summed E-state index contributed by atoms with van der Waals surface area (Å²) in [7, 11) is 0. The van der Waals surface area contributed by atoms with E-state index in [2.05, 4.69) is 10.2 Å². The molecule has 1 aromatic carbocycles. The normalized spacial score (nSPS) is 19.8. The molecule has 1 aliphatic carbocycles. The molecule has 1 aromatic rings. The minimum absolute atomic E-state index is 0.0121. The van der Waals surface area contributed by atoms with Crippen molar-refractivity contribution in [1.82, 2.24) is 4.90 Å². The van der Waals surface area contributed by atoms with Crippen molar-refractivity contribution in [2.45, 2.75) is 37.9 Å². The van der Waals surface area contributed by atoms with Crippen LogP contribution >= 0.6 is 11.6 Å². The Balaban J connectivity index is 1.71. The highest BCUT2D eigenvalue weighted by Gasteiger charge is 2.36. The van der Waals surface area contributed by atoms with Crippen LogP contribution in [-0.2, 0) is 6.18 Å². The van der Waals surface area contributed by atoms with Gasteiger partial charge in [-0.2, -0.15) is 13.2 Å². The largest absolute Gasteiger partial charge is 0.418 e. The molecular formula is C16H19ClF3N3O2. The molecule has 25 heavy (non-hydrogen) atoms. The van der Waals surface area contributed by atoms with Gasteiger partial charge in [-0.1, -0.05) is 11.6 Å². The fourth-order valence-electron chi connectivity index (χ4n) is 3.19. The molecule has 2 aliphatic rings. The first-order valence-corrected chi connectivity index (χ1v) is 8.66. The zero-order valence-corrected chi connectivity index (χ0v) is 14.2. The number of hydrogen-bond acceptors (Lipinski definition) is 4. The molecule has 5 nitrogen and oxygen atoms in total. The highest BCUT2D eigenvalue weighted by atomic mass is 35.5. The summed E-state index contributed by atoms with van der Waals surface area (Å²) >= 11 is 5.70. The van der Waals surface area contributed by atoms with Crippen molar-refractivity contribution in [1.29, 1.82) is 0 Å². The molecule has 0 amide bonds. The van der Waals surface area contributed by atoms with E-state index in [4.69, 9.17) is 11.6 Å². The van der Waals surface area contributed by atoms with Gasteiger partial charge < -0.3 is 10.2 Å². The van der Waals surface area contributed by atoms with Gasteiger partial charge in [0.2, 0.25) is 0 Å². The van der Waals surface area contributed by atoms with E-state index in [1.807, 2.05) is 0 Å². The van der Waals surface area contributed by atoms with Crippen molar-refractivity contribution in [3.8, 4) is 0 Å². The van der Waals surface area contributed by atoms with Crippen LogP contribution in [0.3, 0.4) is 0 Å². The summed E-state index contributed by atoms with van der Waals surface area (Å²) in [5, 5.41) is 13.7. The number of nitrogens with zero attached hydrogens (tertiary/aromatic N) is 2. The average molecular weight is 378 g/mol. The zero-order chi connectivity index (χ0) is 18.2. The van der Waals surface area contributed by atoms with E-state index in [1.54, 1.807) is 0 Å². The fourth-order valence-corrected chi connectivity index (χ4v) is 3.46. The lowest BCUT2D eigenvalue weighted by molar-refractivity contribution is -0.384. The summed E-state index contributed by atoms with van der Waals surface area (Å²) in [4.78, 5) is 12.8. The Bertz CT molecular complexity index is 657. The van der Waals surface area contributed by atoms with E-state index >= 15 is 0 Å². The monoisotopic (exact) mass is 377 g/mol. The maximum absolute atomic E-state index is 12.9. The smallest absolute Gasteiger partial charge is 0.377 e. The lowest BCUT2D eigenvalue weighted by Gasteiger charge is -2.32. The number of nitrogens with one attached hydrogen (secondary N) is 1. The molecule has 0 atom stereocenters. The number of piperidine rings is 1. The first-order chi connectivity index (χ1) is 11.7. The van der Waals surface area contributed by atoms with Crippen LogP contribution in [0.5, 0.6) is 0 Å². The Hall–Kier alpha value is -1.54. The second-order valence-corrected chi connectivity index (χ2v) is 7.17. The molecule has 1 saturated carbocycles. The molecule has 1 saturated heterocycles. The molecule has 9 heteroatoms. The van der Waals surface area contributed by atoms with E-state index in [-0.39, 0.29) is 11.7 Å². The predicted molar refractivity (Wildman–Crippen MR) is 88.9 cm³/mol. The van der Waals surface area contributed by atoms with Gasteiger partial charge in [-0.3, -0.25) is 10.1 Å². The third kappa shape index (κ3) is 4.55. The van der Waals surface area contributed by atoms with Gasteiger partial charge in [-0.15, -0.1) is 0 Å². The molecule has 0 unspecified atom stereocenters. The van der Waals surface area contributed by atoms with E-state index in [1.165, 1.54) is 12.8 Å². The third-order valence-electron chi connectivity index (χ3n) is 4.75. The molecule has 0 spiro atoms. The van der Waals surface area contributed by atoms with Gasteiger partial charge in [-0.25, -0.2) is 0 Å². The van der Waals surface area contributed by atoms with Crippen LogP contribution in [0.15, 0.2) is 12.1 Å². The summed E-state index contributed by atoms with van der Waals surface area (Å²) in [5.74, 6) is 0.805. The summed E-state index contributed by atoms with van der Waals surface area (Å²) in [6.07, 6.45) is -0.567. The fraction of sp³-hybridized carbons (Fsp3) is 0.625. The highest BCUT2D eigenvalue weighted by molar-refractivity contribution is 6.31. The summed E-state index contributed by atoms with van der Waals surface area (Å²) in [6, 6.07) is 1.51. The van der Waals surface area contributed by atoms with Gasteiger partial charge in [0.25, 0.3) is 5.69 Å². The molecule has 0 aromatic heterocycles. The molecule has 0 bridgehead atoms. The SMILES string of the molecule is O=[N+]([O-])c1cc(C(F)(F)F)c(Cl)cc1NC1CCN(CC2CC2)CC1. The van der Waals surface area contributed by atoms with Crippen molar-refractivity contribution in [2.75, 3.05) is 25.0 Å². The summed E-state index contributed by atoms with van der Waals surface area (Å²) < 4.78 is 38.7. The standard InChI is InChI=1S/C16H19ClF3N3O2/c17-13-8-14(15(23(24)25)7-12(13)16(18,19)20)21-11-3-5-22(6-4-11)9-10-1-2-10/h7-8,10-11,21H,1-6,9H2. The number of nitro groups is 1. The Labute approximate surface area is 148 Å². The lowest BCUT2D eigenvalue weighted by Crippen LogP contribution is -2.40. The molecule has 138 valence electrons. The number of likely N-dealkylation sites (tertiary alicyclic amines) is 1. The number of anilines is 1. The maximum atomic E-state index is 12.9. The Morgan fingerprint density at radius 2 is 1.88 bits per heavy atom. The molecule has 0 radical (unpaired) electrons. The van der Waals surface area contributed by atoms with Crippen molar-refractivity contribution in [3.05, 3.63) is 32.8 Å². The van der Waals surface area contributed by atoms with E-state index < -0.39 is 27.4 Å². The van der Waals surface area contributed by atoms with Crippen LogP contribution in [0.2, 0.25) is 5.02 Å². The summed E-state index contributed by atoms with van der Waals surface area (Å²) in [6.45, 7) is 2.87. The number of rotatable bonds is 5. The zero-order valence-electron chi connectivity index (χ0n) is 13.5. The van der Waals surface area contributed by atoms with Gasteiger partial charge in [0, 0.05) is 31.7 Å². The molecule has 1 N–H and O–H groups in total. The molecular weight excluding hydrogens is 359 g/mol. The third-order valence-corrected chi connectivity index (χ3v) is 5.06. The minimum Gasteiger partial charge on any atom is -0.377 e. The van der Waals surface area contributed by atoms with Crippen LogP contribution in [0.4, 0.5) is 24.5 Å². The molecule has 1 aliphatic heterocycles. The molecule has 2 fully saturated rings. The van der Waals surface area contributed by atoms with Crippen molar-refractivity contribution in [2.24, 2.45) is 5.92 Å². The Kier molecular flexibility index (Phi) is 5.11. The van der Waals surface area contributed by atoms with E-state index in [0.717, 1.165) is 44.5 Å². The van der Waals surface area contributed by atoms with E-state index in [9.17, 15) is 23.3 Å². The van der Waals surface area contributed by atoms with Crippen LogP contribution in [-0.4, -0.2) is 35.5 Å². The number of halogens is 4. The average Bonchev–Trinajstić information content (AvgIpc) is 3.31. The highest BCUT2D eigenvalue weighted by Crippen LogP contribution is 2.40. The maximum Gasteiger partial charge on any atom is 0.418 e. The van der Waals surface area contributed by atoms with Gasteiger partial charge in [0.15, 0.2) is 0 Å². The number of nitro benzene ring substituents is 1. The number of benzene rings is 1. The van der Waals surface area contributed by atoms with Crippen molar-refractivity contribution in [3.63, 3.8) is 0 Å². The Morgan fingerprint density at radius 1 is 1.24 bits per heavy atom. The van der Waals surface area contributed by atoms with Crippen molar-refractivity contribution < 1.29 is 18.1 Å². The van der Waals surface area contributed by atoms with Crippen LogP contribution in [0.1, 0.15) is 31.2 Å². The van der Waals surface area contributed by atoms with Crippen LogP contribution in [0, 0.1) is 16.0 Å². The van der Waals surface area contributed by atoms with E-state index in [0.29, 0.717) is 6.07 Å². The number of hydrogen-bond donors (Lipinski definition) is 1. The number of alkyl halides is 3. The van der Waals surface area contributed by atoms with Crippen molar-refractivity contribution >= 4 is 23.0 Å². The van der Waals surface area contributed by atoms with Crippen LogP contribution in [0.25, 0.3) is 0 Å². The molecule has 3 rings (SSSR count). The Morgan fingerprint density at radius 3 is 2.40 bits per heavy atom. The van der Waals surface area contributed by atoms with Crippen LogP contribution < -0.4 is 5.32 Å². The quantitative estimate of drug-likeness (QED) is 0.604.